The van der Waals surface area contributed by atoms with E-state index in [4.69, 9.17) is 14.7 Å². The average molecular weight is 879 g/mol. The molecule has 0 saturated carbocycles. The van der Waals surface area contributed by atoms with Gasteiger partial charge in [-0.2, -0.15) is 0 Å². The number of likely N-dealkylation sites (tertiary alicyclic amines) is 2. The number of hydrogen-bond donors (Lipinski definition) is 4. The topological polar surface area (TPSA) is 177 Å². The van der Waals surface area contributed by atoms with Crippen LogP contribution < -0.4 is 5.32 Å². The summed E-state index contributed by atoms with van der Waals surface area (Å²) in [4.78, 5) is 75.3. The van der Waals surface area contributed by atoms with E-state index in [1.807, 2.05) is 91.4 Å². The number of H-pyrrole nitrogens is 2. The van der Waals surface area contributed by atoms with Gasteiger partial charge in [0.15, 0.2) is 0 Å². The molecule has 6 rings (SSSR count). The minimum atomic E-state index is -1.12. The van der Waals surface area contributed by atoms with Crippen LogP contribution in [0.2, 0.25) is 0 Å². The lowest BCUT2D eigenvalue weighted by Gasteiger charge is -2.41. The van der Waals surface area contributed by atoms with Crippen LogP contribution in [0, 0.1) is 23.2 Å². The van der Waals surface area contributed by atoms with Gasteiger partial charge in [-0.05, 0) is 86.0 Å². The minimum absolute atomic E-state index is 0.0209. The molecule has 4 aromatic rings. The highest BCUT2D eigenvalue weighted by Crippen LogP contribution is 2.39. The molecule has 7 atom stereocenters. The van der Waals surface area contributed by atoms with Crippen LogP contribution in [0.3, 0.4) is 0 Å². The van der Waals surface area contributed by atoms with Crippen molar-refractivity contribution in [2.45, 2.75) is 138 Å². The van der Waals surface area contributed by atoms with Crippen molar-refractivity contribution < 1.29 is 29.0 Å². The highest BCUT2D eigenvalue weighted by atomic mass is 16.6. The van der Waals surface area contributed by atoms with Crippen molar-refractivity contribution >= 4 is 24.0 Å². The Balaban J connectivity index is 1.13. The molecule has 14 heteroatoms. The number of amides is 4. The molecule has 0 radical (unpaired) electrons. The number of aromatic nitrogens is 4. The number of rotatable bonds is 14. The van der Waals surface area contributed by atoms with E-state index in [9.17, 15) is 24.3 Å². The lowest BCUT2D eigenvalue weighted by atomic mass is 9.72. The number of carboxylic acid groups (broad SMARTS) is 1. The Bertz CT molecular complexity index is 2240. The molecule has 2 aliphatic heterocycles. The maximum Gasteiger partial charge on any atom is 0.410 e. The van der Waals surface area contributed by atoms with Gasteiger partial charge in [-0.15, -0.1) is 0 Å². The van der Waals surface area contributed by atoms with Crippen molar-refractivity contribution in [2.75, 3.05) is 20.1 Å². The van der Waals surface area contributed by atoms with Crippen LogP contribution in [0.1, 0.15) is 131 Å². The Labute approximate surface area is 379 Å². The van der Waals surface area contributed by atoms with E-state index < -0.39 is 41.2 Å². The zero-order valence-corrected chi connectivity index (χ0v) is 39.7. The molecule has 64 heavy (non-hydrogen) atoms. The first kappa shape index (κ1) is 47.8. The molecular formula is C50H70N8O6. The second kappa shape index (κ2) is 19.6. The molecule has 0 spiro atoms. The van der Waals surface area contributed by atoms with Gasteiger partial charge in [0.2, 0.25) is 11.8 Å². The van der Waals surface area contributed by atoms with E-state index in [0.717, 1.165) is 83.8 Å². The van der Waals surface area contributed by atoms with E-state index in [2.05, 4.69) is 63.8 Å². The maximum absolute atomic E-state index is 14.4. The van der Waals surface area contributed by atoms with Crippen LogP contribution >= 0.6 is 0 Å². The van der Waals surface area contributed by atoms with Crippen molar-refractivity contribution in [2.24, 2.45) is 23.2 Å². The normalized spacial score (nSPS) is 19.2. The number of hydrogen-bond acceptors (Lipinski definition) is 7. The van der Waals surface area contributed by atoms with Crippen LogP contribution in [0.15, 0.2) is 60.9 Å². The summed E-state index contributed by atoms with van der Waals surface area (Å²) in [7, 11) is 1.65. The van der Waals surface area contributed by atoms with Gasteiger partial charge in [-0.1, -0.05) is 110 Å². The molecule has 346 valence electrons. The summed E-state index contributed by atoms with van der Waals surface area (Å²) in [6, 6.07) is 15.0. The molecule has 2 fully saturated rings. The quantitative estimate of drug-likeness (QED) is 0.0967. The van der Waals surface area contributed by atoms with Crippen molar-refractivity contribution in [3.63, 3.8) is 0 Å². The molecule has 2 aromatic heterocycles. The summed E-state index contributed by atoms with van der Waals surface area (Å²) < 4.78 is 5.64. The molecule has 0 bridgehead atoms. The van der Waals surface area contributed by atoms with Gasteiger partial charge in [0.05, 0.1) is 41.8 Å². The summed E-state index contributed by atoms with van der Waals surface area (Å²) in [5.41, 5.74) is 4.65. The molecule has 2 saturated heterocycles. The molecule has 2 aliphatic rings. The molecule has 14 nitrogen and oxygen atoms in total. The fourth-order valence-corrected chi connectivity index (χ4v) is 9.39. The van der Waals surface area contributed by atoms with Gasteiger partial charge in [-0.3, -0.25) is 14.5 Å². The summed E-state index contributed by atoms with van der Waals surface area (Å²) >= 11 is 0. The Kier molecular flexibility index (Phi) is 14.6. The largest absolute Gasteiger partial charge is 0.465 e. The number of carbonyl (C=O) groups excluding carboxylic acids is 3. The smallest absolute Gasteiger partial charge is 0.410 e. The lowest BCUT2D eigenvalue weighted by Crippen LogP contribution is -2.55. The number of benzene rings is 2. The molecule has 4 amide bonds. The number of imidazole rings is 2. The molecular weight excluding hydrogens is 809 g/mol. The molecule has 2 aromatic carbocycles. The van der Waals surface area contributed by atoms with Gasteiger partial charge in [-0.25, -0.2) is 19.6 Å². The number of carbonyl (C=O) groups is 4. The minimum Gasteiger partial charge on any atom is -0.465 e. The van der Waals surface area contributed by atoms with Gasteiger partial charge >= 0.3 is 12.2 Å². The molecule has 4 heterocycles. The van der Waals surface area contributed by atoms with Crippen LogP contribution in [-0.2, 0) is 14.3 Å². The van der Waals surface area contributed by atoms with Gasteiger partial charge in [0, 0.05) is 26.2 Å². The van der Waals surface area contributed by atoms with E-state index in [0.29, 0.717) is 13.1 Å². The van der Waals surface area contributed by atoms with E-state index in [1.54, 1.807) is 7.05 Å². The van der Waals surface area contributed by atoms with Crippen LogP contribution in [-0.4, -0.2) is 102 Å². The third kappa shape index (κ3) is 10.6. The van der Waals surface area contributed by atoms with Gasteiger partial charge < -0.3 is 34.9 Å². The monoisotopic (exact) mass is 879 g/mol. The summed E-state index contributed by atoms with van der Waals surface area (Å²) in [6.07, 6.45) is 6.75. The standard InChI is InChI=1S/C50H70N8O6/c1-12-30(3)40(42(49(5,6)7)55-47(61)62)45(59)57-26-14-16-38(57)43-51-28-36(53-43)34-22-18-32(19-23-34)33-20-24-35(25-21-33)37-29-52-44(54-37)39-17-15-27-58(39)46(60)41(31(4)13-2)56(11)48(63)64-50(8,9)10/h18-25,28-31,38-42,55H,12-17,26-27H2,1-11H3,(H,51,53)(H,52,54)(H,61,62)/t30-,31-,38+,39+,40+,41+,42?/m1/s1. The first-order valence-electron chi connectivity index (χ1n) is 23.1. The molecule has 4 N–H and O–H groups in total. The van der Waals surface area contributed by atoms with Crippen LogP contribution in [0.5, 0.6) is 0 Å². The van der Waals surface area contributed by atoms with E-state index in [1.165, 1.54) is 4.90 Å². The van der Waals surface area contributed by atoms with Crippen molar-refractivity contribution in [1.29, 1.82) is 0 Å². The number of ether oxygens (including phenoxy) is 1. The Morgan fingerprint density at radius 2 is 1.19 bits per heavy atom. The Hall–Kier alpha value is -5.66. The third-order valence-corrected chi connectivity index (χ3v) is 13.3. The number of nitrogens with zero attached hydrogens (tertiary/aromatic N) is 5. The summed E-state index contributed by atoms with van der Waals surface area (Å²) in [5.74, 6) is 0.749. The molecule has 0 aliphatic carbocycles. The third-order valence-electron chi connectivity index (χ3n) is 13.3. The predicted molar refractivity (Wildman–Crippen MR) is 249 cm³/mol. The zero-order valence-electron chi connectivity index (χ0n) is 39.7. The first-order valence-corrected chi connectivity index (χ1v) is 23.1. The first-order chi connectivity index (χ1) is 30.2. The second-order valence-electron chi connectivity index (χ2n) is 20.0. The second-order valence-corrected chi connectivity index (χ2v) is 20.0. The fraction of sp³-hybridized carbons (Fsp3) is 0.560. The van der Waals surface area contributed by atoms with Crippen LogP contribution in [0.25, 0.3) is 33.6 Å². The fourth-order valence-electron chi connectivity index (χ4n) is 9.39. The van der Waals surface area contributed by atoms with E-state index >= 15 is 0 Å². The highest BCUT2D eigenvalue weighted by molar-refractivity contribution is 5.86. The zero-order chi connectivity index (χ0) is 46.7. The van der Waals surface area contributed by atoms with Gasteiger partial charge in [0.25, 0.3) is 0 Å². The van der Waals surface area contributed by atoms with Crippen molar-refractivity contribution in [1.82, 2.24) is 40.0 Å². The van der Waals surface area contributed by atoms with Crippen LogP contribution in [0.4, 0.5) is 9.59 Å². The number of aromatic amines is 2. The lowest BCUT2D eigenvalue weighted by molar-refractivity contribution is -0.141. The Morgan fingerprint density at radius 3 is 1.59 bits per heavy atom. The predicted octanol–water partition coefficient (Wildman–Crippen LogP) is 10.1. The van der Waals surface area contributed by atoms with E-state index in [-0.39, 0.29) is 35.7 Å². The number of nitrogens with one attached hydrogen (secondary N) is 3. The van der Waals surface area contributed by atoms with Crippen molar-refractivity contribution in [3.8, 4) is 33.6 Å². The number of likely N-dealkylation sites (N-methyl/N-ethyl adjacent to an activating group) is 1. The van der Waals surface area contributed by atoms with Gasteiger partial charge in [0.1, 0.15) is 23.3 Å². The Morgan fingerprint density at radius 1 is 0.750 bits per heavy atom. The SMILES string of the molecule is CC[C@@H](C)[C@H](C(=O)N1CCC[C@H]1c1ncc(-c2ccc(-c3ccc(-c4cnc([C@@H]5CCCN5C(=O)[C@H]([C@H](C)CC)N(C)C(=O)OC(C)(C)C)[nH]4)cc3)cc2)[nH]1)C(NC(=O)O)C(C)(C)C. The average Bonchev–Trinajstić information content (AvgIpc) is 4.09. The summed E-state index contributed by atoms with van der Waals surface area (Å²) in [6.45, 7) is 20.7. The maximum atomic E-state index is 14.4. The molecule has 1 unspecified atom stereocenters. The van der Waals surface area contributed by atoms with Crippen molar-refractivity contribution in [3.05, 3.63) is 72.6 Å². The highest BCUT2D eigenvalue weighted by Gasteiger charge is 2.45. The summed E-state index contributed by atoms with van der Waals surface area (Å²) in [5, 5.41) is 12.4.